The Bertz CT molecular complexity index is 730. The van der Waals surface area contributed by atoms with Crippen molar-refractivity contribution < 1.29 is 27.4 Å². The van der Waals surface area contributed by atoms with Gasteiger partial charge in [0.2, 0.25) is 0 Å². The first-order valence-electron chi connectivity index (χ1n) is 6.81. The van der Waals surface area contributed by atoms with Crippen molar-refractivity contribution in [1.29, 1.82) is 0 Å². The Kier molecular flexibility index (Phi) is 4.96. The van der Waals surface area contributed by atoms with E-state index in [0.29, 0.717) is 17.6 Å². The number of rotatable bonds is 4. The molecule has 24 heavy (non-hydrogen) atoms. The highest BCUT2D eigenvalue weighted by Crippen LogP contribution is 2.33. The number of aromatic nitrogens is 1. The zero-order chi connectivity index (χ0) is 17.9. The summed E-state index contributed by atoms with van der Waals surface area (Å²) in [5.74, 6) is -0.218. The second kappa shape index (κ2) is 6.77. The van der Waals surface area contributed by atoms with Crippen LogP contribution >= 0.6 is 0 Å². The molecule has 1 heterocycles. The fourth-order valence-corrected chi connectivity index (χ4v) is 2.07. The maximum absolute atomic E-state index is 12.9. The first-order chi connectivity index (χ1) is 11.3. The largest absolute Gasteiger partial charge is 0.497 e. The van der Waals surface area contributed by atoms with Crippen LogP contribution in [0.4, 0.5) is 24.7 Å². The van der Waals surface area contributed by atoms with Gasteiger partial charge in [-0.2, -0.15) is 13.2 Å². The molecule has 2 rings (SSSR count). The Morgan fingerprint density at radius 2 is 1.79 bits per heavy atom. The summed E-state index contributed by atoms with van der Waals surface area (Å²) < 4.78 is 48.2. The summed E-state index contributed by atoms with van der Waals surface area (Å²) in [7, 11) is 4.20. The molecule has 5 nitrogen and oxygen atoms in total. The zero-order valence-corrected chi connectivity index (χ0v) is 13.2. The fourth-order valence-electron chi connectivity index (χ4n) is 2.07. The molecule has 1 aromatic carbocycles. The van der Waals surface area contributed by atoms with E-state index in [4.69, 9.17) is 4.74 Å². The first-order valence-corrected chi connectivity index (χ1v) is 6.81. The summed E-state index contributed by atoms with van der Waals surface area (Å²) in [5.41, 5.74) is -0.673. The van der Waals surface area contributed by atoms with Gasteiger partial charge in [-0.15, -0.1) is 0 Å². The summed E-state index contributed by atoms with van der Waals surface area (Å²) in [4.78, 5) is 17.2. The van der Waals surface area contributed by atoms with Gasteiger partial charge in [-0.3, -0.25) is 0 Å². The van der Waals surface area contributed by atoms with Crippen molar-refractivity contribution in [2.24, 2.45) is 0 Å². The van der Waals surface area contributed by atoms with E-state index >= 15 is 0 Å². The average molecular weight is 340 g/mol. The van der Waals surface area contributed by atoms with Crippen molar-refractivity contribution >= 4 is 17.5 Å². The molecule has 0 bridgehead atoms. The maximum atomic E-state index is 12.9. The number of carbonyl (C=O) groups excluding carboxylic acids is 1. The molecule has 0 unspecified atom stereocenters. The monoisotopic (exact) mass is 340 g/mol. The minimum absolute atomic E-state index is 0.0556. The highest BCUT2D eigenvalue weighted by molar-refractivity contribution is 5.95. The molecule has 0 saturated heterocycles. The lowest BCUT2D eigenvalue weighted by Gasteiger charge is -2.21. The molecule has 8 heteroatoms. The lowest BCUT2D eigenvalue weighted by atomic mass is 10.1. The van der Waals surface area contributed by atoms with Crippen molar-refractivity contribution in [2.75, 3.05) is 26.2 Å². The average Bonchev–Trinajstić information content (AvgIpc) is 2.59. The maximum Gasteiger partial charge on any atom is 0.417 e. The third-order valence-electron chi connectivity index (χ3n) is 3.38. The number of alkyl halides is 3. The molecule has 0 saturated carbocycles. The Balaban J connectivity index is 2.49. The van der Waals surface area contributed by atoms with Gasteiger partial charge in [-0.05, 0) is 30.3 Å². The second-order valence-electron chi connectivity index (χ2n) is 4.84. The van der Waals surface area contributed by atoms with E-state index in [9.17, 15) is 18.0 Å². The van der Waals surface area contributed by atoms with Gasteiger partial charge in [-0.25, -0.2) is 9.78 Å². The molecular formula is C16H15F3N2O3. The standard InChI is InChI=1S/C16H15F3N2O3/c1-21(11-4-6-12(23-2)7-5-11)14-13(15(22)24-3)8-10(9-20-14)16(17,18)19/h4-9H,1-3H3. The SMILES string of the molecule is COC(=O)c1cc(C(F)(F)F)cnc1N(C)c1ccc(OC)cc1. The number of esters is 1. The van der Waals surface area contributed by atoms with Crippen molar-refractivity contribution in [3.05, 3.63) is 47.7 Å². The third kappa shape index (κ3) is 3.58. The summed E-state index contributed by atoms with van der Waals surface area (Å²) in [6, 6.07) is 7.49. The van der Waals surface area contributed by atoms with Gasteiger partial charge in [0.1, 0.15) is 17.1 Å². The van der Waals surface area contributed by atoms with Crippen LogP contribution in [0.5, 0.6) is 5.75 Å². The molecule has 0 atom stereocenters. The number of ether oxygens (including phenoxy) is 2. The lowest BCUT2D eigenvalue weighted by molar-refractivity contribution is -0.137. The van der Waals surface area contributed by atoms with Crippen molar-refractivity contribution in [2.45, 2.75) is 6.18 Å². The molecule has 0 N–H and O–H groups in total. The van der Waals surface area contributed by atoms with E-state index in [-0.39, 0.29) is 11.4 Å². The van der Waals surface area contributed by atoms with E-state index < -0.39 is 17.7 Å². The zero-order valence-electron chi connectivity index (χ0n) is 13.2. The molecular weight excluding hydrogens is 325 g/mol. The van der Waals surface area contributed by atoms with Gasteiger partial charge in [0.15, 0.2) is 0 Å². The van der Waals surface area contributed by atoms with Crippen LogP contribution in [-0.2, 0) is 10.9 Å². The number of halogens is 3. The first kappa shape index (κ1) is 17.6. The predicted octanol–water partition coefficient (Wildman–Crippen LogP) is 3.66. The molecule has 0 aliphatic carbocycles. The molecule has 128 valence electrons. The highest BCUT2D eigenvalue weighted by Gasteiger charge is 2.33. The predicted molar refractivity (Wildman–Crippen MR) is 81.6 cm³/mol. The van der Waals surface area contributed by atoms with E-state index in [0.717, 1.165) is 13.2 Å². The lowest BCUT2D eigenvalue weighted by Crippen LogP contribution is -2.18. The van der Waals surface area contributed by atoms with Crippen molar-refractivity contribution in [3.8, 4) is 5.75 Å². The van der Waals surface area contributed by atoms with Crippen molar-refractivity contribution in [1.82, 2.24) is 4.98 Å². The van der Waals surface area contributed by atoms with Crippen LogP contribution in [0.3, 0.4) is 0 Å². The van der Waals surface area contributed by atoms with Gasteiger partial charge >= 0.3 is 12.1 Å². The smallest absolute Gasteiger partial charge is 0.417 e. The normalized spacial score (nSPS) is 11.1. The number of anilines is 2. The van der Waals surface area contributed by atoms with Crippen LogP contribution < -0.4 is 9.64 Å². The highest BCUT2D eigenvalue weighted by atomic mass is 19.4. The van der Waals surface area contributed by atoms with Gasteiger partial charge in [0.05, 0.1) is 19.8 Å². The Morgan fingerprint density at radius 3 is 2.29 bits per heavy atom. The third-order valence-corrected chi connectivity index (χ3v) is 3.38. The van der Waals surface area contributed by atoms with Gasteiger partial charge < -0.3 is 14.4 Å². The van der Waals surface area contributed by atoms with Crippen molar-refractivity contribution in [3.63, 3.8) is 0 Å². The molecule has 0 amide bonds. The van der Waals surface area contributed by atoms with E-state index in [1.165, 1.54) is 12.0 Å². The summed E-state index contributed by atoms with van der Waals surface area (Å²) >= 11 is 0. The van der Waals surface area contributed by atoms with E-state index in [1.807, 2.05) is 0 Å². The Morgan fingerprint density at radius 1 is 1.17 bits per heavy atom. The molecule has 0 spiro atoms. The molecule has 1 aromatic heterocycles. The molecule has 0 aliphatic heterocycles. The number of hydrogen-bond acceptors (Lipinski definition) is 5. The van der Waals surface area contributed by atoms with Gasteiger partial charge in [0, 0.05) is 18.9 Å². The minimum Gasteiger partial charge on any atom is -0.497 e. The van der Waals surface area contributed by atoms with Crippen LogP contribution in [-0.4, -0.2) is 32.2 Å². The Hall–Kier alpha value is -2.77. The number of carbonyl (C=O) groups is 1. The van der Waals surface area contributed by atoms with Gasteiger partial charge in [-0.1, -0.05) is 0 Å². The molecule has 0 fully saturated rings. The summed E-state index contributed by atoms with van der Waals surface area (Å²) in [6.45, 7) is 0. The van der Waals surface area contributed by atoms with Crippen LogP contribution in [0.2, 0.25) is 0 Å². The quantitative estimate of drug-likeness (QED) is 0.795. The number of methoxy groups -OCH3 is 2. The number of pyridine rings is 1. The fraction of sp³-hybridized carbons (Fsp3) is 0.250. The van der Waals surface area contributed by atoms with Crippen LogP contribution in [0.1, 0.15) is 15.9 Å². The van der Waals surface area contributed by atoms with Crippen LogP contribution in [0.25, 0.3) is 0 Å². The molecule has 0 aliphatic rings. The molecule has 0 radical (unpaired) electrons. The second-order valence-corrected chi connectivity index (χ2v) is 4.84. The summed E-state index contributed by atoms with van der Waals surface area (Å²) in [6.07, 6.45) is -3.92. The minimum atomic E-state index is -4.60. The Labute approximate surface area is 136 Å². The number of hydrogen-bond donors (Lipinski definition) is 0. The van der Waals surface area contributed by atoms with Crippen LogP contribution in [0.15, 0.2) is 36.5 Å². The van der Waals surface area contributed by atoms with Crippen LogP contribution in [0, 0.1) is 0 Å². The van der Waals surface area contributed by atoms with Gasteiger partial charge in [0.25, 0.3) is 0 Å². The molecule has 2 aromatic rings. The number of benzene rings is 1. The summed E-state index contributed by atoms with van der Waals surface area (Å²) in [5, 5.41) is 0. The van der Waals surface area contributed by atoms with E-state index in [2.05, 4.69) is 9.72 Å². The number of nitrogens with zero attached hydrogens (tertiary/aromatic N) is 2. The van der Waals surface area contributed by atoms with E-state index in [1.54, 1.807) is 31.3 Å². The topological polar surface area (TPSA) is 51.7 Å².